The molecule has 0 fully saturated rings. The van der Waals surface area contributed by atoms with Gasteiger partial charge < -0.3 is 10.1 Å². The summed E-state index contributed by atoms with van der Waals surface area (Å²) in [6, 6.07) is 6.70. The molecule has 1 rings (SSSR count). The first-order chi connectivity index (χ1) is 7.63. The normalized spacial score (nSPS) is 9.31. The Morgan fingerprint density at radius 2 is 2.19 bits per heavy atom. The topological polar surface area (TPSA) is 62.1 Å². The van der Waals surface area contributed by atoms with Crippen molar-refractivity contribution in [1.82, 2.24) is 5.32 Å². The molecule has 0 unspecified atom stereocenters. The lowest BCUT2D eigenvalue weighted by Gasteiger charge is -2.05. The molecule has 16 heavy (non-hydrogen) atoms. The Balaban J connectivity index is 2.46. The fraction of sp³-hybridized carbons (Fsp3) is 0.200. The average molecular weight is 259 g/mol. The average Bonchev–Trinajstić information content (AvgIpc) is 2.28. The molecule has 0 aliphatic heterocycles. The minimum absolute atomic E-state index is 0.0775. The summed E-state index contributed by atoms with van der Waals surface area (Å²) in [5.41, 5.74) is 0.724. The smallest absolute Gasteiger partial charge is 0.408 e. The summed E-state index contributed by atoms with van der Waals surface area (Å²) in [5.74, 6) is 0. The predicted molar refractivity (Wildman–Crippen MR) is 60.3 cm³/mol. The Labute approximate surface area is 103 Å². The van der Waals surface area contributed by atoms with Gasteiger partial charge in [-0.25, -0.2) is 4.79 Å². The third-order valence-electron chi connectivity index (χ3n) is 1.67. The summed E-state index contributed by atoms with van der Waals surface area (Å²) in [4.78, 5) is 11.0. The molecule has 0 atom stereocenters. The third kappa shape index (κ3) is 3.97. The van der Waals surface area contributed by atoms with E-state index in [1.165, 1.54) is 0 Å². The molecule has 0 aliphatic rings. The number of hydrogen-bond donors (Lipinski definition) is 1. The number of nitriles is 1. The highest BCUT2D eigenvalue weighted by atomic mass is 35.5. The molecule has 1 N–H and O–H groups in total. The number of nitrogens with zero attached hydrogens (tertiary/aromatic N) is 1. The van der Waals surface area contributed by atoms with E-state index in [1.807, 2.05) is 0 Å². The van der Waals surface area contributed by atoms with Gasteiger partial charge in [-0.3, -0.25) is 0 Å². The summed E-state index contributed by atoms with van der Waals surface area (Å²) in [5, 5.41) is 11.3. The van der Waals surface area contributed by atoms with Crippen molar-refractivity contribution < 1.29 is 9.53 Å². The number of alkyl carbamates (subject to hydrolysis) is 1. The van der Waals surface area contributed by atoms with Crippen molar-refractivity contribution in [3.05, 3.63) is 33.8 Å². The van der Waals surface area contributed by atoms with Gasteiger partial charge in [0.1, 0.15) is 13.2 Å². The van der Waals surface area contributed by atoms with Crippen molar-refractivity contribution in [2.45, 2.75) is 6.61 Å². The van der Waals surface area contributed by atoms with E-state index in [1.54, 1.807) is 24.3 Å². The van der Waals surface area contributed by atoms with E-state index in [2.05, 4.69) is 5.32 Å². The van der Waals surface area contributed by atoms with Crippen LogP contribution in [0.15, 0.2) is 18.2 Å². The molecule has 0 radical (unpaired) electrons. The van der Waals surface area contributed by atoms with Crippen LogP contribution in [0.25, 0.3) is 0 Å². The van der Waals surface area contributed by atoms with E-state index < -0.39 is 6.09 Å². The minimum Gasteiger partial charge on any atom is -0.445 e. The zero-order valence-electron chi connectivity index (χ0n) is 8.17. The number of ether oxygens (including phenoxy) is 1. The van der Waals surface area contributed by atoms with Gasteiger partial charge in [0.15, 0.2) is 0 Å². The number of nitrogens with one attached hydrogen (secondary N) is 1. The van der Waals surface area contributed by atoms with Crippen molar-refractivity contribution in [2.75, 3.05) is 6.54 Å². The fourth-order valence-corrected chi connectivity index (χ4v) is 1.26. The molecule has 0 saturated heterocycles. The molecule has 1 aromatic carbocycles. The SMILES string of the molecule is N#CCNC(=O)OCc1ccc(Cl)c(Cl)c1. The largest absolute Gasteiger partial charge is 0.445 e. The van der Waals surface area contributed by atoms with Crippen molar-refractivity contribution >= 4 is 29.3 Å². The second-order valence-corrected chi connectivity index (χ2v) is 3.65. The summed E-state index contributed by atoms with van der Waals surface area (Å²) >= 11 is 11.5. The summed E-state index contributed by atoms with van der Waals surface area (Å²) in [7, 11) is 0. The first kappa shape index (κ1) is 12.6. The maximum absolute atomic E-state index is 11.0. The first-order valence-electron chi connectivity index (χ1n) is 4.35. The number of benzene rings is 1. The van der Waals surface area contributed by atoms with E-state index in [0.717, 1.165) is 5.56 Å². The van der Waals surface area contributed by atoms with Gasteiger partial charge in [0.25, 0.3) is 0 Å². The van der Waals surface area contributed by atoms with E-state index in [-0.39, 0.29) is 13.2 Å². The lowest BCUT2D eigenvalue weighted by atomic mass is 10.2. The molecular formula is C10H8Cl2N2O2. The number of rotatable bonds is 3. The van der Waals surface area contributed by atoms with Crippen molar-refractivity contribution in [3.8, 4) is 6.07 Å². The van der Waals surface area contributed by atoms with Gasteiger partial charge in [-0.15, -0.1) is 0 Å². The Hall–Kier alpha value is -1.44. The molecule has 6 heteroatoms. The van der Waals surface area contributed by atoms with Crippen LogP contribution in [0.4, 0.5) is 4.79 Å². The Bertz CT molecular complexity index is 429. The highest BCUT2D eigenvalue weighted by Gasteiger charge is 2.03. The highest BCUT2D eigenvalue weighted by molar-refractivity contribution is 6.42. The van der Waals surface area contributed by atoms with E-state index in [0.29, 0.717) is 10.0 Å². The van der Waals surface area contributed by atoms with Gasteiger partial charge in [-0.05, 0) is 17.7 Å². The molecular weight excluding hydrogens is 251 g/mol. The van der Waals surface area contributed by atoms with Crippen LogP contribution >= 0.6 is 23.2 Å². The second kappa shape index (κ2) is 6.21. The highest BCUT2D eigenvalue weighted by Crippen LogP contribution is 2.22. The Morgan fingerprint density at radius 3 is 2.81 bits per heavy atom. The van der Waals surface area contributed by atoms with Crippen molar-refractivity contribution in [1.29, 1.82) is 5.26 Å². The number of hydrogen-bond acceptors (Lipinski definition) is 3. The van der Waals surface area contributed by atoms with Gasteiger partial charge in [0.2, 0.25) is 0 Å². The molecule has 1 aromatic rings. The minimum atomic E-state index is -0.646. The maximum Gasteiger partial charge on any atom is 0.408 e. The van der Waals surface area contributed by atoms with Gasteiger partial charge >= 0.3 is 6.09 Å². The van der Waals surface area contributed by atoms with Crippen LogP contribution in [0.3, 0.4) is 0 Å². The van der Waals surface area contributed by atoms with Gasteiger partial charge in [-0.2, -0.15) is 5.26 Å². The van der Waals surface area contributed by atoms with Crippen LogP contribution in [0.5, 0.6) is 0 Å². The van der Waals surface area contributed by atoms with Crippen LogP contribution in [-0.2, 0) is 11.3 Å². The molecule has 4 nitrogen and oxygen atoms in total. The molecule has 0 heterocycles. The first-order valence-corrected chi connectivity index (χ1v) is 5.10. The van der Waals surface area contributed by atoms with Gasteiger partial charge in [0.05, 0.1) is 16.1 Å². The maximum atomic E-state index is 11.0. The Morgan fingerprint density at radius 1 is 1.44 bits per heavy atom. The summed E-state index contributed by atoms with van der Waals surface area (Å²) < 4.78 is 4.82. The molecule has 0 saturated carbocycles. The van der Waals surface area contributed by atoms with Crippen molar-refractivity contribution in [2.24, 2.45) is 0 Å². The lowest BCUT2D eigenvalue weighted by molar-refractivity contribution is 0.141. The zero-order chi connectivity index (χ0) is 12.0. The fourth-order valence-electron chi connectivity index (χ4n) is 0.941. The quantitative estimate of drug-likeness (QED) is 0.849. The molecule has 0 aromatic heterocycles. The van der Waals surface area contributed by atoms with E-state index in [9.17, 15) is 4.79 Å². The van der Waals surface area contributed by atoms with Crippen molar-refractivity contribution in [3.63, 3.8) is 0 Å². The lowest BCUT2D eigenvalue weighted by Crippen LogP contribution is -2.24. The third-order valence-corrected chi connectivity index (χ3v) is 2.40. The second-order valence-electron chi connectivity index (χ2n) is 2.84. The van der Waals surface area contributed by atoms with Crippen LogP contribution in [0.1, 0.15) is 5.56 Å². The molecule has 0 aliphatic carbocycles. The molecule has 0 bridgehead atoms. The van der Waals surface area contributed by atoms with Crippen LogP contribution in [0.2, 0.25) is 10.0 Å². The predicted octanol–water partition coefficient (Wildman–Crippen LogP) is 2.74. The monoisotopic (exact) mass is 258 g/mol. The van der Waals surface area contributed by atoms with Gasteiger partial charge in [0, 0.05) is 0 Å². The number of halogens is 2. The number of amides is 1. The van der Waals surface area contributed by atoms with E-state index in [4.69, 9.17) is 33.2 Å². The zero-order valence-corrected chi connectivity index (χ0v) is 9.68. The Kier molecular flexibility index (Phi) is 4.90. The summed E-state index contributed by atoms with van der Waals surface area (Å²) in [6.07, 6.45) is -0.646. The van der Waals surface area contributed by atoms with Crippen LogP contribution in [-0.4, -0.2) is 12.6 Å². The van der Waals surface area contributed by atoms with Crippen LogP contribution in [0, 0.1) is 11.3 Å². The van der Waals surface area contributed by atoms with Gasteiger partial charge in [-0.1, -0.05) is 29.3 Å². The molecule has 1 amide bonds. The standard InChI is InChI=1S/C10H8Cl2N2O2/c11-8-2-1-7(5-9(8)12)6-16-10(15)14-4-3-13/h1-2,5H,4,6H2,(H,14,15). The number of carbonyl (C=O) groups excluding carboxylic acids is 1. The summed E-state index contributed by atoms with van der Waals surface area (Å²) in [6.45, 7) is -0.00560. The van der Waals surface area contributed by atoms with E-state index >= 15 is 0 Å². The molecule has 84 valence electrons. The molecule has 0 spiro atoms. The number of carbonyl (C=O) groups is 1. The van der Waals surface area contributed by atoms with Crippen LogP contribution < -0.4 is 5.32 Å².